The fraction of sp³-hybridized carbons (Fsp3) is 0.0741. The topological polar surface area (TPSA) is 98.7 Å². The van der Waals surface area contributed by atoms with E-state index < -0.39 is 0 Å². The zero-order chi connectivity index (χ0) is 24.5. The molecule has 0 bridgehead atoms. The average molecular weight is 486 g/mol. The Morgan fingerprint density at radius 3 is 2.54 bits per heavy atom. The molecule has 1 heterocycles. The van der Waals surface area contributed by atoms with Gasteiger partial charge in [0.1, 0.15) is 12.2 Å². The first-order chi connectivity index (χ1) is 16.9. The maximum Gasteiger partial charge on any atom is 0.241 e. The number of halogens is 1. The third kappa shape index (κ3) is 4.54. The second kappa shape index (κ2) is 9.12. The van der Waals surface area contributed by atoms with Crippen molar-refractivity contribution in [3.8, 4) is 5.75 Å². The number of phenols is 1. The highest BCUT2D eigenvalue weighted by atomic mass is 35.5. The van der Waals surface area contributed by atoms with E-state index in [1.807, 2.05) is 36.4 Å². The van der Waals surface area contributed by atoms with Crippen LogP contribution >= 0.6 is 11.6 Å². The third-order valence-corrected chi connectivity index (χ3v) is 6.12. The molecule has 1 aliphatic rings. The van der Waals surface area contributed by atoms with Crippen LogP contribution in [-0.4, -0.2) is 22.8 Å². The summed E-state index contributed by atoms with van der Waals surface area (Å²) in [4.78, 5) is 39.4. The van der Waals surface area contributed by atoms with Gasteiger partial charge in [0, 0.05) is 21.8 Å². The first-order valence-electron chi connectivity index (χ1n) is 10.9. The van der Waals surface area contributed by atoms with Gasteiger partial charge in [-0.05, 0) is 53.4 Å². The number of amides is 3. The summed E-state index contributed by atoms with van der Waals surface area (Å²) < 4.78 is 0. The fourth-order valence-electron chi connectivity index (χ4n) is 4.15. The average Bonchev–Trinajstić information content (AvgIpc) is 2.96. The second-order valence-electron chi connectivity index (χ2n) is 8.18. The molecule has 1 aliphatic heterocycles. The highest BCUT2D eigenvalue weighted by Gasteiger charge is 2.28. The van der Waals surface area contributed by atoms with Crippen LogP contribution in [0.2, 0.25) is 5.02 Å². The molecule has 0 radical (unpaired) electrons. The highest BCUT2D eigenvalue weighted by Crippen LogP contribution is 2.40. The number of carbonyl (C=O) groups is 3. The predicted octanol–water partition coefficient (Wildman–Crippen LogP) is 5.39. The molecule has 35 heavy (non-hydrogen) atoms. The van der Waals surface area contributed by atoms with Crippen molar-refractivity contribution in [2.45, 2.75) is 12.8 Å². The Balaban J connectivity index is 1.41. The molecule has 3 N–H and O–H groups in total. The number of phenolic OH excluding ortho intramolecular Hbond substituents is 1. The number of carbonyl (C=O) groups excluding carboxylic acids is 3. The van der Waals surface area contributed by atoms with Crippen LogP contribution in [0.5, 0.6) is 5.75 Å². The Labute approximate surface area is 205 Å². The molecule has 0 saturated heterocycles. The van der Waals surface area contributed by atoms with Crippen LogP contribution in [-0.2, 0) is 20.8 Å². The van der Waals surface area contributed by atoms with Gasteiger partial charge in [0.2, 0.25) is 17.7 Å². The van der Waals surface area contributed by atoms with Crippen LogP contribution in [0, 0.1) is 0 Å². The van der Waals surface area contributed by atoms with Crippen molar-refractivity contribution in [3.05, 3.63) is 89.4 Å². The number of benzene rings is 4. The maximum absolute atomic E-state index is 13.0. The largest absolute Gasteiger partial charge is 0.508 e. The van der Waals surface area contributed by atoms with Crippen molar-refractivity contribution in [1.82, 2.24) is 0 Å². The molecule has 174 valence electrons. The Kier molecular flexibility index (Phi) is 5.84. The number of anilines is 4. The highest BCUT2D eigenvalue weighted by molar-refractivity contribution is 6.31. The van der Waals surface area contributed by atoms with E-state index in [4.69, 9.17) is 11.6 Å². The van der Waals surface area contributed by atoms with Crippen molar-refractivity contribution in [3.63, 3.8) is 0 Å². The summed E-state index contributed by atoms with van der Waals surface area (Å²) in [5.41, 5.74) is 2.88. The van der Waals surface area contributed by atoms with Crippen molar-refractivity contribution >= 4 is 62.8 Å². The Morgan fingerprint density at radius 2 is 1.77 bits per heavy atom. The molecule has 4 aromatic rings. The third-order valence-electron chi connectivity index (χ3n) is 5.77. The lowest BCUT2D eigenvalue weighted by atomic mass is 10.1. The summed E-state index contributed by atoms with van der Waals surface area (Å²) in [5.74, 6) is -0.964. The van der Waals surface area contributed by atoms with E-state index in [2.05, 4.69) is 10.6 Å². The number of nitrogens with one attached hydrogen (secondary N) is 2. The van der Waals surface area contributed by atoms with E-state index in [0.717, 1.165) is 10.8 Å². The molecular formula is C27H20ClN3O4. The van der Waals surface area contributed by atoms with E-state index >= 15 is 0 Å². The summed E-state index contributed by atoms with van der Waals surface area (Å²) in [5, 5.41) is 17.3. The van der Waals surface area contributed by atoms with Crippen LogP contribution < -0.4 is 15.5 Å². The second-order valence-corrected chi connectivity index (χ2v) is 8.59. The number of hydrogen-bond donors (Lipinski definition) is 3. The molecule has 0 fully saturated rings. The van der Waals surface area contributed by atoms with Crippen LogP contribution in [0.4, 0.5) is 22.7 Å². The summed E-state index contributed by atoms with van der Waals surface area (Å²) in [6, 6.07) is 22.7. The van der Waals surface area contributed by atoms with E-state index in [1.165, 1.54) is 17.0 Å². The molecule has 0 saturated carbocycles. The van der Waals surface area contributed by atoms with Crippen molar-refractivity contribution < 1.29 is 19.5 Å². The molecule has 5 rings (SSSR count). The van der Waals surface area contributed by atoms with E-state index in [0.29, 0.717) is 33.3 Å². The van der Waals surface area contributed by atoms with Gasteiger partial charge >= 0.3 is 0 Å². The standard InChI is InChI=1S/C27H20ClN3O4/c28-22-14-20(32)11-5-17(22)13-24(33)29-18-7-9-19(10-8-18)31-23-12-6-16-3-1-2-4-21(16)27(23)30-25(34)15-26(31)35/h1-12,14,32H,13,15H2,(H,29,33)(H,30,34). The minimum atomic E-state index is -0.369. The molecule has 0 aliphatic carbocycles. The normalized spacial score (nSPS) is 13.2. The summed E-state index contributed by atoms with van der Waals surface area (Å²) in [6.07, 6.45) is -0.241. The number of hydrogen-bond acceptors (Lipinski definition) is 4. The van der Waals surface area contributed by atoms with Gasteiger partial charge < -0.3 is 15.7 Å². The minimum Gasteiger partial charge on any atom is -0.508 e. The van der Waals surface area contributed by atoms with Gasteiger partial charge in [0.05, 0.1) is 17.8 Å². The quantitative estimate of drug-likeness (QED) is 0.338. The maximum atomic E-state index is 13.0. The number of nitrogens with zero attached hydrogens (tertiary/aromatic N) is 1. The van der Waals surface area contributed by atoms with Gasteiger partial charge in [-0.15, -0.1) is 0 Å². The first-order valence-corrected chi connectivity index (χ1v) is 11.3. The Bertz CT molecular complexity index is 1480. The van der Waals surface area contributed by atoms with Crippen molar-refractivity contribution in [2.75, 3.05) is 15.5 Å². The van der Waals surface area contributed by atoms with Gasteiger partial charge in [-0.2, -0.15) is 0 Å². The van der Waals surface area contributed by atoms with Crippen molar-refractivity contribution in [1.29, 1.82) is 0 Å². The zero-order valence-corrected chi connectivity index (χ0v) is 19.2. The van der Waals surface area contributed by atoms with E-state index in [1.54, 1.807) is 30.3 Å². The monoisotopic (exact) mass is 485 g/mol. The summed E-state index contributed by atoms with van der Waals surface area (Å²) >= 11 is 6.09. The molecule has 0 spiro atoms. The van der Waals surface area contributed by atoms with Crippen LogP contribution in [0.25, 0.3) is 10.8 Å². The van der Waals surface area contributed by atoms with Gasteiger partial charge in [0.15, 0.2) is 0 Å². The molecule has 0 aromatic heterocycles. The predicted molar refractivity (Wildman–Crippen MR) is 136 cm³/mol. The molecule has 8 heteroatoms. The summed E-state index contributed by atoms with van der Waals surface area (Å²) in [7, 11) is 0. The van der Waals surface area contributed by atoms with Gasteiger partial charge in [-0.1, -0.05) is 48.0 Å². The van der Waals surface area contributed by atoms with Gasteiger partial charge in [-0.25, -0.2) is 0 Å². The SMILES string of the molecule is O=C(Cc1ccc(O)cc1Cl)Nc1ccc(N2C(=O)CC(=O)Nc3c2ccc2ccccc32)cc1. The minimum absolute atomic E-state index is 0.0317. The number of rotatable bonds is 4. The zero-order valence-electron chi connectivity index (χ0n) is 18.4. The number of fused-ring (bicyclic) bond motifs is 3. The Hall–Kier alpha value is -4.36. The van der Waals surface area contributed by atoms with E-state index in [9.17, 15) is 19.5 Å². The van der Waals surface area contributed by atoms with Crippen LogP contribution in [0.15, 0.2) is 78.9 Å². The molecule has 0 unspecified atom stereocenters. The number of aromatic hydroxyl groups is 1. The molecular weight excluding hydrogens is 466 g/mol. The smallest absolute Gasteiger partial charge is 0.241 e. The lowest BCUT2D eigenvalue weighted by Gasteiger charge is -2.23. The fourth-order valence-corrected chi connectivity index (χ4v) is 4.39. The summed E-state index contributed by atoms with van der Waals surface area (Å²) in [6.45, 7) is 0. The molecule has 3 amide bonds. The molecule has 0 atom stereocenters. The molecule has 7 nitrogen and oxygen atoms in total. The lowest BCUT2D eigenvalue weighted by molar-refractivity contribution is -0.124. The van der Waals surface area contributed by atoms with Crippen molar-refractivity contribution in [2.24, 2.45) is 0 Å². The van der Waals surface area contributed by atoms with E-state index in [-0.39, 0.29) is 36.3 Å². The van der Waals surface area contributed by atoms with Gasteiger partial charge in [0.25, 0.3) is 0 Å². The van der Waals surface area contributed by atoms with Crippen LogP contribution in [0.3, 0.4) is 0 Å². The van der Waals surface area contributed by atoms with Gasteiger partial charge in [-0.3, -0.25) is 19.3 Å². The lowest BCUT2D eigenvalue weighted by Crippen LogP contribution is -2.26. The van der Waals surface area contributed by atoms with Crippen LogP contribution in [0.1, 0.15) is 12.0 Å². The molecule has 4 aromatic carbocycles. The Morgan fingerprint density at radius 1 is 1.00 bits per heavy atom. The first kappa shape index (κ1) is 22.4.